The normalized spacial score (nSPS) is 19.2. The zero-order chi connectivity index (χ0) is 18.0. The number of piperidine rings is 1. The first kappa shape index (κ1) is 18.0. The summed E-state index contributed by atoms with van der Waals surface area (Å²) in [7, 11) is -3.23. The highest BCUT2D eigenvalue weighted by Gasteiger charge is 2.23. The van der Waals surface area contributed by atoms with Crippen molar-refractivity contribution in [1.29, 1.82) is 0 Å². The smallest absolute Gasteiger partial charge is 0.208 e. The van der Waals surface area contributed by atoms with Crippen molar-refractivity contribution in [3.05, 3.63) is 47.8 Å². The average Bonchev–Trinajstić information content (AvgIpc) is 2.94. The first-order chi connectivity index (χ1) is 11.8. The lowest BCUT2D eigenvalue weighted by molar-refractivity contribution is 0.192. The zero-order valence-corrected chi connectivity index (χ0v) is 14.6. The van der Waals surface area contributed by atoms with E-state index in [4.69, 9.17) is 0 Å². The van der Waals surface area contributed by atoms with Crippen LogP contribution >= 0.6 is 0 Å². The Morgan fingerprint density at radius 3 is 2.84 bits per heavy atom. The fourth-order valence-corrected chi connectivity index (χ4v) is 3.87. The van der Waals surface area contributed by atoms with Gasteiger partial charge in [-0.05, 0) is 37.6 Å². The Hall–Kier alpha value is -1.84. The van der Waals surface area contributed by atoms with Crippen molar-refractivity contribution >= 4 is 10.0 Å². The monoisotopic (exact) mass is 370 g/mol. The summed E-state index contributed by atoms with van der Waals surface area (Å²) in [5, 5.41) is 4.34. The second-order valence-electron chi connectivity index (χ2n) is 6.31. The largest absolute Gasteiger partial charge is 0.296 e. The average molecular weight is 370 g/mol. The van der Waals surface area contributed by atoms with Gasteiger partial charge in [0.1, 0.15) is 11.5 Å². The summed E-state index contributed by atoms with van der Waals surface area (Å²) in [6, 6.07) is 5.01. The molecule has 6 nitrogen and oxygen atoms in total. The molecule has 1 aromatic heterocycles. The van der Waals surface area contributed by atoms with Gasteiger partial charge >= 0.3 is 0 Å². The Morgan fingerprint density at radius 1 is 1.32 bits per heavy atom. The van der Waals surface area contributed by atoms with Gasteiger partial charge in [-0.3, -0.25) is 4.90 Å². The molecule has 1 aliphatic rings. The third kappa shape index (κ3) is 4.83. The number of halogens is 2. The number of rotatable bonds is 5. The molecule has 1 aromatic carbocycles. The number of sulfonamides is 1. The first-order valence-corrected chi connectivity index (χ1v) is 9.89. The molecule has 0 bridgehead atoms. The van der Waals surface area contributed by atoms with Gasteiger partial charge in [-0.1, -0.05) is 0 Å². The fourth-order valence-electron chi connectivity index (χ4n) is 3.07. The van der Waals surface area contributed by atoms with E-state index in [0.29, 0.717) is 13.1 Å². The maximum absolute atomic E-state index is 13.8. The lowest BCUT2D eigenvalue weighted by Crippen LogP contribution is -2.47. The van der Waals surface area contributed by atoms with Crippen molar-refractivity contribution in [3.8, 4) is 5.69 Å². The van der Waals surface area contributed by atoms with Crippen molar-refractivity contribution in [2.24, 2.45) is 0 Å². The molecule has 0 saturated carbocycles. The van der Waals surface area contributed by atoms with Crippen molar-refractivity contribution in [1.82, 2.24) is 19.4 Å². The number of nitrogens with one attached hydrogen (secondary N) is 1. The topological polar surface area (TPSA) is 67.2 Å². The molecule has 0 amide bonds. The lowest BCUT2D eigenvalue weighted by Gasteiger charge is -2.32. The fraction of sp³-hybridized carbons (Fsp3) is 0.438. The highest BCUT2D eigenvalue weighted by atomic mass is 32.2. The molecule has 9 heteroatoms. The predicted molar refractivity (Wildman–Crippen MR) is 89.8 cm³/mol. The van der Waals surface area contributed by atoms with Crippen LogP contribution in [0.25, 0.3) is 5.69 Å². The van der Waals surface area contributed by atoms with E-state index in [1.165, 1.54) is 16.8 Å². The van der Waals surface area contributed by atoms with E-state index in [1.807, 2.05) is 0 Å². The number of hydrogen-bond donors (Lipinski definition) is 1. The van der Waals surface area contributed by atoms with Crippen LogP contribution in [0.15, 0.2) is 30.5 Å². The van der Waals surface area contributed by atoms with E-state index in [2.05, 4.69) is 14.7 Å². The summed E-state index contributed by atoms with van der Waals surface area (Å²) in [5.74, 6) is -1.31. The van der Waals surface area contributed by atoms with E-state index in [0.717, 1.165) is 37.4 Å². The third-order valence-electron chi connectivity index (χ3n) is 4.07. The van der Waals surface area contributed by atoms with Crippen LogP contribution in [0.5, 0.6) is 0 Å². The Kier molecular flexibility index (Phi) is 5.16. The van der Waals surface area contributed by atoms with Gasteiger partial charge in [0, 0.05) is 31.4 Å². The minimum Gasteiger partial charge on any atom is -0.296 e. The van der Waals surface area contributed by atoms with Crippen molar-refractivity contribution in [2.45, 2.75) is 25.4 Å². The summed E-state index contributed by atoms with van der Waals surface area (Å²) in [5.41, 5.74) is 0.923. The molecule has 1 aliphatic heterocycles. The van der Waals surface area contributed by atoms with Gasteiger partial charge in [0.05, 0.1) is 11.9 Å². The van der Waals surface area contributed by atoms with E-state index in [-0.39, 0.29) is 11.7 Å². The van der Waals surface area contributed by atoms with Gasteiger partial charge in [0.25, 0.3) is 0 Å². The molecule has 25 heavy (non-hydrogen) atoms. The summed E-state index contributed by atoms with van der Waals surface area (Å²) < 4.78 is 53.6. The van der Waals surface area contributed by atoms with Gasteiger partial charge in [-0.2, -0.15) is 5.10 Å². The van der Waals surface area contributed by atoms with Gasteiger partial charge in [0.15, 0.2) is 5.82 Å². The van der Waals surface area contributed by atoms with E-state index < -0.39 is 21.7 Å². The standard InChI is InChI=1S/C16H20F2N4O2S/c1-25(23,24)20-14-3-2-7-21(11-14)10-13-6-8-22(19-13)16-5-4-12(17)9-15(16)18/h4-6,8-9,14,20H,2-3,7,10-11H2,1H3/t14-/m0/s1. The lowest BCUT2D eigenvalue weighted by atomic mass is 10.1. The zero-order valence-electron chi connectivity index (χ0n) is 13.8. The number of hydrogen-bond acceptors (Lipinski definition) is 4. The van der Waals surface area contributed by atoms with E-state index in [9.17, 15) is 17.2 Å². The molecule has 0 spiro atoms. The molecule has 1 atom stereocenters. The number of nitrogens with zero attached hydrogens (tertiary/aromatic N) is 3. The maximum atomic E-state index is 13.8. The third-order valence-corrected chi connectivity index (χ3v) is 4.83. The van der Waals surface area contributed by atoms with Crippen LogP contribution in [-0.2, 0) is 16.6 Å². The highest BCUT2D eigenvalue weighted by Crippen LogP contribution is 2.17. The number of aromatic nitrogens is 2. The van der Waals surface area contributed by atoms with Crippen LogP contribution in [0.2, 0.25) is 0 Å². The molecular formula is C16H20F2N4O2S. The minimum atomic E-state index is -3.23. The summed E-state index contributed by atoms with van der Waals surface area (Å²) in [6.45, 7) is 1.99. The second-order valence-corrected chi connectivity index (χ2v) is 8.09. The Labute approximate surface area is 145 Å². The summed E-state index contributed by atoms with van der Waals surface area (Å²) >= 11 is 0. The summed E-state index contributed by atoms with van der Waals surface area (Å²) in [4.78, 5) is 2.11. The molecular weight excluding hydrogens is 350 g/mol. The molecule has 2 heterocycles. The highest BCUT2D eigenvalue weighted by molar-refractivity contribution is 7.88. The van der Waals surface area contributed by atoms with Gasteiger partial charge in [-0.15, -0.1) is 0 Å². The van der Waals surface area contributed by atoms with Crippen molar-refractivity contribution < 1.29 is 17.2 Å². The Morgan fingerprint density at radius 2 is 2.12 bits per heavy atom. The number of likely N-dealkylation sites (tertiary alicyclic amines) is 1. The molecule has 1 fully saturated rings. The maximum Gasteiger partial charge on any atom is 0.208 e. The molecule has 2 aromatic rings. The Balaban J connectivity index is 1.67. The van der Waals surface area contributed by atoms with Gasteiger partial charge in [0.2, 0.25) is 10.0 Å². The van der Waals surface area contributed by atoms with Gasteiger partial charge in [-0.25, -0.2) is 26.6 Å². The quantitative estimate of drug-likeness (QED) is 0.869. The van der Waals surface area contributed by atoms with Crippen LogP contribution in [0.1, 0.15) is 18.5 Å². The Bertz CT molecular complexity index is 854. The minimum absolute atomic E-state index is 0.111. The molecule has 3 rings (SSSR count). The molecule has 0 radical (unpaired) electrons. The second kappa shape index (κ2) is 7.19. The van der Waals surface area contributed by atoms with Crippen LogP contribution in [0.3, 0.4) is 0 Å². The number of benzene rings is 1. The van der Waals surface area contributed by atoms with E-state index >= 15 is 0 Å². The SMILES string of the molecule is CS(=O)(=O)N[C@H]1CCCN(Cc2ccn(-c3ccc(F)cc3F)n2)C1. The molecule has 0 unspecified atom stereocenters. The molecule has 0 aliphatic carbocycles. The van der Waals surface area contributed by atoms with Crippen molar-refractivity contribution in [2.75, 3.05) is 19.3 Å². The van der Waals surface area contributed by atoms with Crippen LogP contribution in [0.4, 0.5) is 8.78 Å². The first-order valence-electron chi connectivity index (χ1n) is 8.00. The molecule has 1 N–H and O–H groups in total. The molecule has 1 saturated heterocycles. The summed E-state index contributed by atoms with van der Waals surface area (Å²) in [6.07, 6.45) is 4.48. The predicted octanol–water partition coefficient (Wildman–Crippen LogP) is 1.66. The van der Waals surface area contributed by atoms with E-state index in [1.54, 1.807) is 12.3 Å². The van der Waals surface area contributed by atoms with Crippen LogP contribution in [-0.4, -0.2) is 48.5 Å². The van der Waals surface area contributed by atoms with Gasteiger partial charge < -0.3 is 0 Å². The van der Waals surface area contributed by atoms with Crippen LogP contribution < -0.4 is 4.72 Å². The van der Waals surface area contributed by atoms with Crippen LogP contribution in [0, 0.1) is 11.6 Å². The molecule has 136 valence electrons. The van der Waals surface area contributed by atoms with Crippen molar-refractivity contribution in [3.63, 3.8) is 0 Å².